The van der Waals surface area contributed by atoms with Crippen LogP contribution in [0.25, 0.3) is 0 Å². The van der Waals surface area contributed by atoms with Gasteiger partial charge in [0, 0.05) is 0 Å². The molecule has 0 saturated heterocycles. The second-order valence-corrected chi connectivity index (χ2v) is 14.5. The summed E-state index contributed by atoms with van der Waals surface area (Å²) in [5, 5.41) is 0. The molecule has 0 aromatic heterocycles. The summed E-state index contributed by atoms with van der Waals surface area (Å²) in [7, 11) is 0. The molecule has 20 heteroatoms. The SMILES string of the molecule is CCCCCCCC.OP(O)(O)=S.OP(O)(O)=S.OP(O)(O)=S.OP(O)(O)=S. The summed E-state index contributed by atoms with van der Waals surface area (Å²) < 4.78 is 0. The topological polar surface area (TPSA) is 243 Å². The molecular formula is C8H30O12P4S4. The molecule has 28 heavy (non-hydrogen) atoms. The summed E-state index contributed by atoms with van der Waals surface area (Å²) in [6.45, 7) is -10.7. The lowest BCUT2D eigenvalue weighted by Crippen LogP contribution is -1.73. The van der Waals surface area contributed by atoms with Crippen molar-refractivity contribution < 1.29 is 58.7 Å². The van der Waals surface area contributed by atoms with Gasteiger partial charge in [-0.25, -0.2) is 0 Å². The molecule has 178 valence electrons. The molecule has 0 bridgehead atoms. The minimum atomic E-state index is -3.81. The third-order valence-electron chi connectivity index (χ3n) is 1.46. The van der Waals surface area contributed by atoms with Gasteiger partial charge in [0.05, 0.1) is 0 Å². The Kier molecular flexibility index (Phi) is 32.3. The van der Waals surface area contributed by atoms with Crippen molar-refractivity contribution >= 4 is 74.1 Å². The van der Waals surface area contributed by atoms with Crippen LogP contribution in [0, 0.1) is 0 Å². The molecule has 12 nitrogen and oxygen atoms in total. The first-order chi connectivity index (χ1) is 11.9. The molecule has 0 aliphatic heterocycles. The van der Waals surface area contributed by atoms with Crippen LogP contribution in [0.4, 0.5) is 0 Å². The maximum absolute atomic E-state index is 7.56. The van der Waals surface area contributed by atoms with Gasteiger partial charge in [0.25, 0.3) is 0 Å². The zero-order chi connectivity index (χ0) is 24.2. The van der Waals surface area contributed by atoms with Crippen LogP contribution >= 0.6 is 26.9 Å². The molecule has 0 fully saturated rings. The first kappa shape index (κ1) is 40.5. The Bertz CT molecular complexity index is 393. The lowest BCUT2D eigenvalue weighted by Gasteiger charge is -1.93. The number of unbranched alkanes of at least 4 members (excludes halogenated alkanes) is 5. The van der Waals surface area contributed by atoms with E-state index in [4.69, 9.17) is 58.7 Å². The summed E-state index contributed by atoms with van der Waals surface area (Å²) >= 11 is 14.4. The largest absolute Gasteiger partial charge is 0.325 e. The molecule has 0 aromatic rings. The summed E-state index contributed by atoms with van der Waals surface area (Å²) in [6, 6.07) is 0. The summed E-state index contributed by atoms with van der Waals surface area (Å²) in [4.78, 5) is 90.7. The normalized spacial score (nSPS) is 11.2. The van der Waals surface area contributed by atoms with Crippen molar-refractivity contribution in [2.75, 3.05) is 0 Å². The van der Waals surface area contributed by atoms with Crippen LogP contribution in [0.5, 0.6) is 0 Å². The van der Waals surface area contributed by atoms with Crippen LogP contribution in [0.15, 0.2) is 0 Å². The zero-order valence-corrected chi connectivity index (χ0v) is 21.9. The maximum Gasteiger partial charge on any atom is 0.319 e. The van der Waals surface area contributed by atoms with E-state index in [2.05, 4.69) is 61.1 Å². The molecule has 12 N–H and O–H groups in total. The van der Waals surface area contributed by atoms with Crippen molar-refractivity contribution in [3.63, 3.8) is 0 Å². The van der Waals surface area contributed by atoms with Gasteiger partial charge in [-0.2, -0.15) is 0 Å². The van der Waals surface area contributed by atoms with E-state index in [-0.39, 0.29) is 0 Å². The Morgan fingerprint density at radius 3 is 0.571 bits per heavy atom. The van der Waals surface area contributed by atoms with Crippen LogP contribution in [-0.4, -0.2) is 58.7 Å². The van der Waals surface area contributed by atoms with Gasteiger partial charge < -0.3 is 58.7 Å². The minimum Gasteiger partial charge on any atom is -0.325 e. The summed E-state index contributed by atoms with van der Waals surface area (Å²) in [5.41, 5.74) is 0. The average Bonchev–Trinajstić information content (AvgIpc) is 2.26. The summed E-state index contributed by atoms with van der Waals surface area (Å²) in [5.74, 6) is 0. The van der Waals surface area contributed by atoms with Gasteiger partial charge >= 0.3 is 26.9 Å². The molecule has 0 aliphatic carbocycles. The van der Waals surface area contributed by atoms with Crippen molar-refractivity contribution in [3.8, 4) is 0 Å². The van der Waals surface area contributed by atoms with Crippen molar-refractivity contribution in [2.45, 2.75) is 52.4 Å². The fourth-order valence-corrected chi connectivity index (χ4v) is 0.854. The second kappa shape index (κ2) is 22.3. The van der Waals surface area contributed by atoms with Crippen LogP contribution in [0.3, 0.4) is 0 Å². The average molecular weight is 570 g/mol. The van der Waals surface area contributed by atoms with E-state index in [0.717, 1.165) is 0 Å². The molecule has 0 radical (unpaired) electrons. The van der Waals surface area contributed by atoms with E-state index in [1.807, 2.05) is 0 Å². The molecular weight excluding hydrogens is 540 g/mol. The molecule has 0 heterocycles. The van der Waals surface area contributed by atoms with Crippen molar-refractivity contribution in [2.24, 2.45) is 0 Å². The quantitative estimate of drug-likeness (QED) is 0.155. The lowest BCUT2D eigenvalue weighted by atomic mass is 10.1. The lowest BCUT2D eigenvalue weighted by molar-refractivity contribution is 0.361. The van der Waals surface area contributed by atoms with E-state index in [0.29, 0.717) is 0 Å². The molecule has 0 atom stereocenters. The smallest absolute Gasteiger partial charge is 0.319 e. The molecule has 0 spiro atoms. The first-order valence-corrected chi connectivity index (χ1v) is 17.7. The van der Waals surface area contributed by atoms with E-state index in [9.17, 15) is 0 Å². The van der Waals surface area contributed by atoms with E-state index < -0.39 is 26.9 Å². The Morgan fingerprint density at radius 2 is 0.500 bits per heavy atom. The van der Waals surface area contributed by atoms with Crippen LogP contribution in [0.2, 0.25) is 0 Å². The van der Waals surface area contributed by atoms with Gasteiger partial charge in [-0.05, 0) is 47.2 Å². The fraction of sp³-hybridized carbons (Fsp3) is 1.00. The van der Waals surface area contributed by atoms with Gasteiger partial charge in [-0.15, -0.1) is 0 Å². The number of rotatable bonds is 5. The Labute approximate surface area is 184 Å². The van der Waals surface area contributed by atoms with E-state index >= 15 is 0 Å². The predicted octanol–water partition coefficient (Wildman–Crippen LogP) is 0.118. The van der Waals surface area contributed by atoms with Gasteiger partial charge in [-0.3, -0.25) is 0 Å². The molecule has 0 aromatic carbocycles. The molecule has 0 rings (SSSR count). The molecule has 0 aliphatic rings. The van der Waals surface area contributed by atoms with E-state index in [1.165, 1.54) is 38.5 Å². The van der Waals surface area contributed by atoms with Gasteiger partial charge in [0.15, 0.2) is 0 Å². The first-order valence-electron chi connectivity index (χ1n) is 7.04. The van der Waals surface area contributed by atoms with E-state index in [1.54, 1.807) is 0 Å². The van der Waals surface area contributed by atoms with Crippen LogP contribution in [0.1, 0.15) is 52.4 Å². The Balaban J connectivity index is -0.0000000802. The molecule has 0 saturated carbocycles. The van der Waals surface area contributed by atoms with Crippen LogP contribution < -0.4 is 0 Å². The summed E-state index contributed by atoms with van der Waals surface area (Å²) in [6.07, 6.45) is 8.49. The minimum absolute atomic E-state index is 1.36. The number of hydrogen-bond acceptors (Lipinski definition) is 4. The second-order valence-electron chi connectivity index (χ2n) is 4.47. The number of hydrogen-bond donors (Lipinski definition) is 12. The monoisotopic (exact) mass is 570 g/mol. The Morgan fingerprint density at radius 1 is 0.393 bits per heavy atom. The van der Waals surface area contributed by atoms with Crippen molar-refractivity contribution in [1.82, 2.24) is 0 Å². The fourth-order valence-electron chi connectivity index (χ4n) is 0.854. The highest BCUT2D eigenvalue weighted by Gasteiger charge is 1.93. The van der Waals surface area contributed by atoms with Crippen LogP contribution in [-0.2, 0) is 47.2 Å². The zero-order valence-electron chi connectivity index (χ0n) is 15.0. The predicted molar refractivity (Wildman–Crippen MR) is 123 cm³/mol. The van der Waals surface area contributed by atoms with Crippen molar-refractivity contribution in [3.05, 3.63) is 0 Å². The highest BCUT2D eigenvalue weighted by atomic mass is 32.5. The standard InChI is InChI=1S/C8H18.4H3O3PS/c1-3-5-7-8-6-4-2;4*1-4(2,3)5/h3-8H2,1-2H3;4*(H3,1,2,3,5). The van der Waals surface area contributed by atoms with Gasteiger partial charge in [0.2, 0.25) is 0 Å². The molecule has 0 amide bonds. The molecule has 0 unspecified atom stereocenters. The van der Waals surface area contributed by atoms with Gasteiger partial charge in [0.1, 0.15) is 0 Å². The maximum atomic E-state index is 7.56. The third kappa shape index (κ3) is 408. The third-order valence-corrected chi connectivity index (χ3v) is 1.46. The highest BCUT2D eigenvalue weighted by Crippen LogP contribution is 2.27. The Hall–Kier alpha value is 2.12. The van der Waals surface area contributed by atoms with Crippen molar-refractivity contribution in [1.29, 1.82) is 0 Å². The highest BCUT2D eigenvalue weighted by molar-refractivity contribution is 8.07. The van der Waals surface area contributed by atoms with Gasteiger partial charge in [-0.1, -0.05) is 52.4 Å².